The van der Waals surface area contributed by atoms with Crippen LogP contribution in [0.25, 0.3) is 11.1 Å². The van der Waals surface area contributed by atoms with Crippen LogP contribution in [-0.4, -0.2) is 39.5 Å². The van der Waals surface area contributed by atoms with E-state index >= 15 is 0 Å². The Hall–Kier alpha value is -3.10. The maximum Gasteiger partial charge on any atom is 0.217 e. The molecule has 1 heterocycles. The fourth-order valence-corrected chi connectivity index (χ4v) is 4.68. The number of halogens is 2. The minimum atomic E-state index is -0.973. The number of carbonyl (C=O) groups excluding carboxylic acids is 1. The number of benzene rings is 2. The summed E-state index contributed by atoms with van der Waals surface area (Å²) in [4.78, 5) is 11.8. The molecule has 3 N–H and O–H groups in total. The molecule has 206 valence electrons. The molecule has 0 aliphatic heterocycles. The van der Waals surface area contributed by atoms with Crippen LogP contribution in [0.3, 0.4) is 0 Å². The van der Waals surface area contributed by atoms with Crippen molar-refractivity contribution in [3.63, 3.8) is 0 Å². The molecule has 3 aromatic rings. The molecule has 2 aromatic carbocycles. The summed E-state index contributed by atoms with van der Waals surface area (Å²) in [7, 11) is 0. The first-order chi connectivity index (χ1) is 17.9. The molecule has 3 rings (SSSR count). The van der Waals surface area contributed by atoms with E-state index < -0.39 is 23.8 Å². The normalized spacial score (nSPS) is 13.4. The lowest BCUT2D eigenvalue weighted by Gasteiger charge is -2.25. The Morgan fingerprint density at radius 1 is 1.11 bits per heavy atom. The Labute approximate surface area is 224 Å². The maximum absolute atomic E-state index is 13.7. The van der Waals surface area contributed by atoms with Gasteiger partial charge in [-0.15, -0.1) is 0 Å². The third kappa shape index (κ3) is 9.03. The summed E-state index contributed by atoms with van der Waals surface area (Å²) in [5.41, 5.74) is 4.91. The molecule has 2 atom stereocenters. The van der Waals surface area contributed by atoms with E-state index in [1.54, 1.807) is 0 Å². The van der Waals surface area contributed by atoms with Crippen LogP contribution >= 0.6 is 0 Å². The van der Waals surface area contributed by atoms with E-state index in [9.17, 15) is 18.7 Å². The summed E-state index contributed by atoms with van der Waals surface area (Å²) in [6, 6.07) is 8.99. The van der Waals surface area contributed by atoms with Crippen LogP contribution in [0.4, 0.5) is 8.78 Å². The van der Waals surface area contributed by atoms with Gasteiger partial charge in [-0.2, -0.15) is 5.10 Å². The number of rotatable bonds is 12. The predicted octanol–water partition coefficient (Wildman–Crippen LogP) is 5.02. The first-order valence-electron chi connectivity index (χ1n) is 13.2. The number of carbonyl (C=O) groups is 1. The highest BCUT2D eigenvalue weighted by atomic mass is 19.1. The molecule has 1 aromatic heterocycles. The van der Waals surface area contributed by atoms with Crippen LogP contribution in [0.1, 0.15) is 57.7 Å². The lowest BCUT2D eigenvalue weighted by molar-refractivity contribution is -0.120. The maximum atomic E-state index is 13.7. The SMILES string of the molecule is CCCn1cc(-c2ccc(CC(C)(C)C)cc2CNCC(O)C(Cc2cc(F)cc(F)c2)NC(C)=O)cn1. The second-order valence-corrected chi connectivity index (χ2v) is 11.2. The molecule has 0 saturated heterocycles. The lowest BCUT2D eigenvalue weighted by Crippen LogP contribution is -2.48. The fraction of sp³-hybridized carbons (Fsp3) is 0.467. The van der Waals surface area contributed by atoms with Crippen molar-refractivity contribution in [2.75, 3.05) is 6.54 Å². The molecule has 0 bridgehead atoms. The van der Waals surface area contributed by atoms with Gasteiger partial charge >= 0.3 is 0 Å². The average molecular weight is 527 g/mol. The van der Waals surface area contributed by atoms with E-state index in [4.69, 9.17) is 0 Å². The zero-order valence-electron chi connectivity index (χ0n) is 23.0. The molecule has 0 fully saturated rings. The van der Waals surface area contributed by atoms with E-state index in [1.165, 1.54) is 24.6 Å². The zero-order valence-corrected chi connectivity index (χ0v) is 23.0. The number of aryl methyl sites for hydroxylation is 1. The standard InChI is InChI=1S/C30H40F2N4O2/c1-6-9-36-19-24(17-34-36)27-8-7-21(15-30(3,4)5)10-23(27)16-33-18-29(38)28(35-20(2)37)13-22-11-25(31)14-26(32)12-22/h7-8,10-12,14,17,19,28-29,33,38H,6,9,13,15-16,18H2,1-5H3,(H,35,37). The average Bonchev–Trinajstić information content (AvgIpc) is 3.25. The molecule has 0 aliphatic carbocycles. The molecular weight excluding hydrogens is 486 g/mol. The molecule has 0 radical (unpaired) electrons. The van der Waals surface area contributed by atoms with Crippen molar-refractivity contribution < 1.29 is 18.7 Å². The molecular formula is C30H40F2N4O2. The molecule has 2 unspecified atom stereocenters. The van der Waals surface area contributed by atoms with Crippen LogP contribution in [0, 0.1) is 17.0 Å². The summed E-state index contributed by atoms with van der Waals surface area (Å²) >= 11 is 0. The first kappa shape index (κ1) is 29.5. The third-order valence-electron chi connectivity index (χ3n) is 6.20. The van der Waals surface area contributed by atoms with Crippen LogP contribution in [0.5, 0.6) is 0 Å². The van der Waals surface area contributed by atoms with Gasteiger partial charge in [-0.05, 0) is 59.1 Å². The lowest BCUT2D eigenvalue weighted by atomic mass is 9.86. The van der Waals surface area contributed by atoms with Crippen molar-refractivity contribution in [3.8, 4) is 11.1 Å². The van der Waals surface area contributed by atoms with Crippen LogP contribution in [0.2, 0.25) is 0 Å². The highest BCUT2D eigenvalue weighted by Gasteiger charge is 2.22. The predicted molar refractivity (Wildman–Crippen MR) is 146 cm³/mol. The molecule has 6 nitrogen and oxygen atoms in total. The van der Waals surface area contributed by atoms with Crippen molar-refractivity contribution >= 4 is 5.91 Å². The smallest absolute Gasteiger partial charge is 0.217 e. The van der Waals surface area contributed by atoms with Crippen molar-refractivity contribution in [3.05, 3.63) is 77.1 Å². The quantitative estimate of drug-likeness (QED) is 0.310. The molecule has 8 heteroatoms. The van der Waals surface area contributed by atoms with Gasteiger partial charge in [-0.1, -0.05) is 45.9 Å². The van der Waals surface area contributed by atoms with E-state index in [0.717, 1.165) is 42.1 Å². The molecule has 1 amide bonds. The van der Waals surface area contributed by atoms with Gasteiger partial charge in [0, 0.05) is 44.4 Å². The number of hydrogen-bond acceptors (Lipinski definition) is 4. The van der Waals surface area contributed by atoms with Gasteiger partial charge < -0.3 is 15.7 Å². The van der Waals surface area contributed by atoms with E-state index in [-0.39, 0.29) is 24.3 Å². The second-order valence-electron chi connectivity index (χ2n) is 11.2. The summed E-state index contributed by atoms with van der Waals surface area (Å²) < 4.78 is 29.3. The number of aromatic nitrogens is 2. The van der Waals surface area contributed by atoms with Crippen molar-refractivity contribution in [1.82, 2.24) is 20.4 Å². The molecule has 0 spiro atoms. The van der Waals surface area contributed by atoms with Crippen LogP contribution in [-0.2, 0) is 30.7 Å². The summed E-state index contributed by atoms with van der Waals surface area (Å²) in [5, 5.41) is 21.4. The van der Waals surface area contributed by atoms with Gasteiger partial charge in [0.15, 0.2) is 0 Å². The van der Waals surface area contributed by atoms with Gasteiger partial charge in [0.25, 0.3) is 0 Å². The first-order valence-corrected chi connectivity index (χ1v) is 13.2. The minimum Gasteiger partial charge on any atom is -0.390 e. The topological polar surface area (TPSA) is 79.2 Å². The number of amides is 1. The number of hydrogen-bond donors (Lipinski definition) is 3. The molecule has 38 heavy (non-hydrogen) atoms. The van der Waals surface area contributed by atoms with Crippen molar-refractivity contribution in [2.24, 2.45) is 5.41 Å². The number of aliphatic hydroxyl groups is 1. The third-order valence-corrected chi connectivity index (χ3v) is 6.20. The van der Waals surface area contributed by atoms with Gasteiger partial charge in [0.1, 0.15) is 11.6 Å². The minimum absolute atomic E-state index is 0.0973. The Morgan fingerprint density at radius 2 is 1.82 bits per heavy atom. The number of nitrogens with one attached hydrogen (secondary N) is 2. The number of aliphatic hydroxyl groups excluding tert-OH is 1. The summed E-state index contributed by atoms with van der Waals surface area (Å²) in [5.74, 6) is -1.72. The Morgan fingerprint density at radius 3 is 2.45 bits per heavy atom. The van der Waals surface area contributed by atoms with Crippen molar-refractivity contribution in [2.45, 2.75) is 79.1 Å². The van der Waals surface area contributed by atoms with Gasteiger partial charge in [0.05, 0.1) is 18.3 Å². The van der Waals surface area contributed by atoms with Gasteiger partial charge in [0.2, 0.25) is 5.91 Å². The van der Waals surface area contributed by atoms with E-state index in [0.29, 0.717) is 12.1 Å². The Bertz CT molecular complexity index is 1200. The molecule has 0 aliphatic rings. The number of nitrogens with zero attached hydrogens (tertiary/aromatic N) is 2. The van der Waals surface area contributed by atoms with Crippen LogP contribution in [0.15, 0.2) is 48.8 Å². The summed E-state index contributed by atoms with van der Waals surface area (Å²) in [6.45, 7) is 11.6. The summed E-state index contributed by atoms with van der Waals surface area (Å²) in [6.07, 6.45) is 4.96. The molecule has 0 saturated carbocycles. The largest absolute Gasteiger partial charge is 0.390 e. The second kappa shape index (κ2) is 13.1. The Kier molecular flexibility index (Phi) is 10.2. The monoisotopic (exact) mass is 526 g/mol. The van der Waals surface area contributed by atoms with E-state index in [2.05, 4.69) is 61.6 Å². The van der Waals surface area contributed by atoms with Crippen LogP contribution < -0.4 is 10.6 Å². The van der Waals surface area contributed by atoms with E-state index in [1.807, 2.05) is 17.1 Å². The highest BCUT2D eigenvalue weighted by molar-refractivity contribution is 5.73. The van der Waals surface area contributed by atoms with Gasteiger partial charge in [-0.3, -0.25) is 9.48 Å². The Balaban J connectivity index is 1.76. The van der Waals surface area contributed by atoms with Gasteiger partial charge in [-0.25, -0.2) is 8.78 Å². The fourth-order valence-electron chi connectivity index (χ4n) is 4.68. The highest BCUT2D eigenvalue weighted by Crippen LogP contribution is 2.28. The van der Waals surface area contributed by atoms with Crippen molar-refractivity contribution in [1.29, 1.82) is 0 Å². The zero-order chi connectivity index (χ0) is 27.9.